The van der Waals surface area contributed by atoms with Gasteiger partial charge in [0, 0.05) is 39.2 Å². The van der Waals surface area contributed by atoms with Gasteiger partial charge in [0.1, 0.15) is 6.61 Å². The van der Waals surface area contributed by atoms with Crippen molar-refractivity contribution in [3.8, 4) is 18.6 Å². The third kappa shape index (κ3) is 12.2. The molecule has 10 nitrogen and oxygen atoms in total. The third-order valence-electron chi connectivity index (χ3n) is 5.01. The molecule has 2 aromatic carbocycles. The fourth-order valence-corrected chi connectivity index (χ4v) is 4.65. The molecule has 0 atom stereocenters. The maximum Gasteiger partial charge on any atom is 0.300 e. The molecule has 2 N–H and O–H groups in total. The summed E-state index contributed by atoms with van der Waals surface area (Å²) in [6.07, 6.45) is 8.00. The van der Waals surface area contributed by atoms with Crippen molar-refractivity contribution in [2.75, 3.05) is 45.9 Å². The Morgan fingerprint density at radius 2 is 1.43 bits per heavy atom. The standard InChI is InChI=1S/C21H21F4N3O5S.C2H4O2.C2H6.C2H2/c22-16-10-17(23)20(25)21(19(16)24)33-13-14(29)11-26-18(30)12-27-6-8-28(9-7-27)34(31,32)15-4-2-1-3-5-15;1-2(3)4;2*1-2/h1-5,10H,6-9,11-13H2,(H,26,30);1H3,(H,3,4);1-2H3;1-2H. The summed E-state index contributed by atoms with van der Waals surface area (Å²) in [5, 5.41) is 9.72. The molecule has 1 fully saturated rings. The molecule has 42 heavy (non-hydrogen) atoms. The highest BCUT2D eigenvalue weighted by atomic mass is 32.2. The van der Waals surface area contributed by atoms with E-state index in [-0.39, 0.29) is 30.6 Å². The van der Waals surface area contributed by atoms with Crippen LogP contribution in [0.3, 0.4) is 0 Å². The van der Waals surface area contributed by atoms with E-state index in [1.165, 1.54) is 16.4 Å². The van der Waals surface area contributed by atoms with Crippen LogP contribution in [-0.4, -0.2) is 86.3 Å². The zero-order chi connectivity index (χ0) is 32.5. The molecule has 0 unspecified atom stereocenters. The normalized spacial score (nSPS) is 13.1. The predicted molar refractivity (Wildman–Crippen MR) is 146 cm³/mol. The number of ether oxygens (including phenoxy) is 1. The molecule has 0 saturated carbocycles. The van der Waals surface area contributed by atoms with Crippen LogP contribution < -0.4 is 10.1 Å². The van der Waals surface area contributed by atoms with E-state index in [2.05, 4.69) is 22.9 Å². The Labute approximate surface area is 242 Å². The highest BCUT2D eigenvalue weighted by Gasteiger charge is 2.29. The summed E-state index contributed by atoms with van der Waals surface area (Å²) in [7, 11) is -3.63. The number of ketones is 1. The zero-order valence-electron chi connectivity index (χ0n) is 23.3. The average Bonchev–Trinajstić information content (AvgIpc) is 2.97. The zero-order valence-corrected chi connectivity index (χ0v) is 24.1. The van der Waals surface area contributed by atoms with Crippen LogP contribution in [0.2, 0.25) is 0 Å². The molecule has 232 valence electrons. The Morgan fingerprint density at radius 1 is 0.952 bits per heavy atom. The summed E-state index contributed by atoms with van der Waals surface area (Å²) in [6, 6.07) is 7.99. The number of terminal acetylenes is 1. The molecular formula is C27H33F4N3O7S. The molecule has 0 aromatic heterocycles. The minimum atomic E-state index is -3.63. The van der Waals surface area contributed by atoms with Gasteiger partial charge in [0.2, 0.25) is 27.6 Å². The fourth-order valence-electron chi connectivity index (χ4n) is 3.21. The lowest BCUT2D eigenvalue weighted by Crippen LogP contribution is -2.51. The van der Waals surface area contributed by atoms with E-state index in [9.17, 15) is 35.6 Å². The molecule has 0 bridgehead atoms. The smallest absolute Gasteiger partial charge is 0.300 e. The highest BCUT2D eigenvalue weighted by molar-refractivity contribution is 7.89. The molecule has 15 heteroatoms. The number of hydrogen-bond donors (Lipinski definition) is 2. The largest absolute Gasteiger partial charge is 0.481 e. The number of carboxylic acids is 1. The molecule has 1 aliphatic rings. The minimum absolute atomic E-state index is 0.0104. The quantitative estimate of drug-likeness (QED) is 0.249. The Hall–Kier alpha value is -4.00. The molecule has 1 heterocycles. The number of benzene rings is 2. The fraction of sp³-hybridized carbons (Fsp3) is 0.370. The van der Waals surface area contributed by atoms with Crippen molar-refractivity contribution >= 4 is 27.7 Å². The second-order valence-electron chi connectivity index (χ2n) is 7.91. The Kier molecular flexibility index (Phi) is 17.4. The number of rotatable bonds is 9. The second kappa shape index (κ2) is 19.2. The van der Waals surface area contributed by atoms with Crippen LogP contribution in [0.15, 0.2) is 41.3 Å². The SMILES string of the molecule is C#C.CC.CC(=O)O.O=C(CNC(=O)CN1CCN(S(=O)(=O)c2ccccc2)CC1)COc1c(F)c(F)cc(F)c1F. The lowest BCUT2D eigenvalue weighted by Gasteiger charge is -2.33. The molecule has 0 radical (unpaired) electrons. The van der Waals surface area contributed by atoms with Crippen molar-refractivity contribution in [3.05, 3.63) is 59.7 Å². The number of carbonyl (C=O) groups excluding carboxylic acids is 2. The van der Waals surface area contributed by atoms with Gasteiger partial charge in [-0.15, -0.1) is 12.8 Å². The van der Waals surface area contributed by atoms with Crippen LogP contribution in [0, 0.1) is 36.1 Å². The van der Waals surface area contributed by atoms with E-state index < -0.39 is 69.9 Å². The van der Waals surface area contributed by atoms with Crippen molar-refractivity contribution in [1.82, 2.24) is 14.5 Å². The van der Waals surface area contributed by atoms with Crippen LogP contribution in [0.1, 0.15) is 20.8 Å². The van der Waals surface area contributed by atoms with Gasteiger partial charge in [0.15, 0.2) is 23.2 Å². The second-order valence-corrected chi connectivity index (χ2v) is 9.85. The van der Waals surface area contributed by atoms with Gasteiger partial charge in [0.05, 0.1) is 18.0 Å². The van der Waals surface area contributed by atoms with Gasteiger partial charge in [0.25, 0.3) is 5.97 Å². The molecule has 0 aliphatic carbocycles. The number of nitrogens with one attached hydrogen (secondary N) is 1. The summed E-state index contributed by atoms with van der Waals surface area (Å²) in [5.74, 6) is -10.4. The number of piperazine rings is 1. The van der Waals surface area contributed by atoms with E-state index in [4.69, 9.17) is 9.90 Å². The first-order chi connectivity index (χ1) is 19.8. The highest BCUT2D eigenvalue weighted by Crippen LogP contribution is 2.26. The van der Waals surface area contributed by atoms with Gasteiger partial charge >= 0.3 is 0 Å². The molecule has 3 rings (SSSR count). The van der Waals surface area contributed by atoms with Gasteiger partial charge in [-0.05, 0) is 12.1 Å². The van der Waals surface area contributed by atoms with Gasteiger partial charge in [-0.25, -0.2) is 17.2 Å². The number of carbonyl (C=O) groups is 3. The number of hydrogen-bond acceptors (Lipinski definition) is 7. The van der Waals surface area contributed by atoms with E-state index in [0.29, 0.717) is 13.1 Å². The molecule has 1 aliphatic heterocycles. The summed E-state index contributed by atoms with van der Waals surface area (Å²) in [5.41, 5.74) is 0. The van der Waals surface area contributed by atoms with Gasteiger partial charge in [-0.1, -0.05) is 32.0 Å². The summed E-state index contributed by atoms with van der Waals surface area (Å²) in [4.78, 5) is 34.8. The number of carboxylic acid groups (broad SMARTS) is 1. The van der Waals surface area contributed by atoms with E-state index in [1.807, 2.05) is 13.8 Å². The van der Waals surface area contributed by atoms with Crippen molar-refractivity contribution in [3.63, 3.8) is 0 Å². The summed E-state index contributed by atoms with van der Waals surface area (Å²) in [6.45, 7) is 4.46. The Balaban J connectivity index is 0.00000190. The first-order valence-electron chi connectivity index (χ1n) is 12.4. The summed E-state index contributed by atoms with van der Waals surface area (Å²) >= 11 is 0. The molecule has 0 spiro atoms. The predicted octanol–water partition coefficient (Wildman–Crippen LogP) is 2.68. The monoisotopic (exact) mass is 619 g/mol. The van der Waals surface area contributed by atoms with E-state index in [0.717, 1.165) is 6.92 Å². The number of aliphatic carboxylic acids is 1. The number of sulfonamides is 1. The molecule has 1 amide bonds. The first-order valence-corrected chi connectivity index (χ1v) is 13.8. The lowest BCUT2D eigenvalue weighted by atomic mass is 10.3. The first kappa shape index (κ1) is 38.0. The Bertz CT molecular complexity index is 1270. The summed E-state index contributed by atoms with van der Waals surface area (Å²) < 4.78 is 84.5. The van der Waals surface area contributed by atoms with E-state index in [1.54, 1.807) is 23.1 Å². The van der Waals surface area contributed by atoms with Crippen LogP contribution in [0.5, 0.6) is 5.75 Å². The molecule has 1 saturated heterocycles. The van der Waals surface area contributed by atoms with Crippen molar-refractivity contribution in [2.45, 2.75) is 25.7 Å². The van der Waals surface area contributed by atoms with Gasteiger partial charge < -0.3 is 15.2 Å². The van der Waals surface area contributed by atoms with Crippen LogP contribution in [0.4, 0.5) is 17.6 Å². The third-order valence-corrected chi connectivity index (χ3v) is 6.92. The van der Waals surface area contributed by atoms with Crippen LogP contribution >= 0.6 is 0 Å². The van der Waals surface area contributed by atoms with Crippen molar-refractivity contribution < 1.29 is 50.2 Å². The van der Waals surface area contributed by atoms with Crippen LogP contribution in [-0.2, 0) is 24.4 Å². The lowest BCUT2D eigenvalue weighted by molar-refractivity contribution is -0.134. The molecule has 2 aromatic rings. The maximum atomic E-state index is 13.5. The average molecular weight is 620 g/mol. The molecular weight excluding hydrogens is 586 g/mol. The van der Waals surface area contributed by atoms with Gasteiger partial charge in [-0.2, -0.15) is 13.1 Å². The maximum absolute atomic E-state index is 13.5. The number of halogens is 4. The van der Waals surface area contributed by atoms with Crippen molar-refractivity contribution in [1.29, 1.82) is 0 Å². The number of nitrogens with zero attached hydrogens (tertiary/aromatic N) is 2. The van der Waals surface area contributed by atoms with Crippen molar-refractivity contribution in [2.24, 2.45) is 0 Å². The number of Topliss-reactive ketones (excluding diaryl/α,β-unsaturated/α-hetero) is 1. The Morgan fingerprint density at radius 3 is 1.90 bits per heavy atom. The van der Waals surface area contributed by atoms with Crippen LogP contribution in [0.25, 0.3) is 0 Å². The minimum Gasteiger partial charge on any atom is -0.481 e. The number of amides is 1. The van der Waals surface area contributed by atoms with E-state index >= 15 is 0 Å². The topological polar surface area (TPSA) is 133 Å². The van der Waals surface area contributed by atoms with Gasteiger partial charge in [-0.3, -0.25) is 19.3 Å².